The normalized spacial score (nSPS) is 10.5. The molecule has 1 heterocycles. The van der Waals surface area contributed by atoms with Gasteiger partial charge >= 0.3 is 0 Å². The van der Waals surface area contributed by atoms with Gasteiger partial charge in [-0.25, -0.2) is 4.39 Å². The average molecular weight is 261 g/mol. The van der Waals surface area contributed by atoms with E-state index in [1.54, 1.807) is 36.0 Å². The van der Waals surface area contributed by atoms with Crippen molar-refractivity contribution >= 4 is 17.3 Å². The van der Waals surface area contributed by atoms with Crippen LogP contribution >= 0.6 is 0 Å². The Morgan fingerprint density at radius 2 is 2.00 bits per heavy atom. The van der Waals surface area contributed by atoms with Crippen LogP contribution in [0.5, 0.6) is 0 Å². The standard InChI is InChI=1S/C14H16FN3O/c1-3-18-9-11(16)8-13(18)14(19)17(2)12-6-4-10(15)5-7-12/h4-9H,3,16H2,1-2H3. The number of rotatable bonds is 3. The van der Waals surface area contributed by atoms with E-state index in [0.29, 0.717) is 23.6 Å². The van der Waals surface area contributed by atoms with E-state index in [9.17, 15) is 9.18 Å². The van der Waals surface area contributed by atoms with Crippen molar-refractivity contribution in [3.05, 3.63) is 48.0 Å². The number of carbonyl (C=O) groups excluding carboxylic acids is 1. The van der Waals surface area contributed by atoms with Crippen molar-refractivity contribution in [1.82, 2.24) is 4.57 Å². The zero-order valence-electron chi connectivity index (χ0n) is 10.9. The van der Waals surface area contributed by atoms with E-state index in [1.807, 2.05) is 6.92 Å². The fourth-order valence-electron chi connectivity index (χ4n) is 1.93. The molecule has 2 rings (SSSR count). The van der Waals surface area contributed by atoms with Crippen LogP contribution in [0.2, 0.25) is 0 Å². The van der Waals surface area contributed by atoms with E-state index in [1.165, 1.54) is 17.0 Å². The van der Waals surface area contributed by atoms with Crippen LogP contribution < -0.4 is 10.6 Å². The van der Waals surface area contributed by atoms with Crippen LogP contribution in [0.3, 0.4) is 0 Å². The van der Waals surface area contributed by atoms with E-state index in [0.717, 1.165) is 0 Å². The van der Waals surface area contributed by atoms with Gasteiger partial charge in [0, 0.05) is 25.5 Å². The lowest BCUT2D eigenvalue weighted by Crippen LogP contribution is -2.28. The SMILES string of the molecule is CCn1cc(N)cc1C(=O)N(C)c1ccc(F)cc1. The Morgan fingerprint density at radius 3 is 2.58 bits per heavy atom. The summed E-state index contributed by atoms with van der Waals surface area (Å²) in [7, 11) is 1.65. The smallest absolute Gasteiger partial charge is 0.274 e. The van der Waals surface area contributed by atoms with Gasteiger partial charge in [-0.05, 0) is 37.3 Å². The summed E-state index contributed by atoms with van der Waals surface area (Å²) in [5.41, 5.74) is 7.42. The number of amides is 1. The molecule has 1 aromatic carbocycles. The van der Waals surface area contributed by atoms with Crippen molar-refractivity contribution in [1.29, 1.82) is 0 Å². The number of nitrogens with two attached hydrogens (primary N) is 1. The van der Waals surface area contributed by atoms with Crippen molar-refractivity contribution in [3.8, 4) is 0 Å². The molecule has 0 bridgehead atoms. The molecule has 0 aliphatic carbocycles. The second kappa shape index (κ2) is 5.14. The first kappa shape index (κ1) is 13.1. The highest BCUT2D eigenvalue weighted by molar-refractivity contribution is 6.05. The number of aryl methyl sites for hydroxylation is 1. The van der Waals surface area contributed by atoms with E-state index >= 15 is 0 Å². The summed E-state index contributed by atoms with van der Waals surface area (Å²) in [6, 6.07) is 7.43. The summed E-state index contributed by atoms with van der Waals surface area (Å²) in [5.74, 6) is -0.504. The molecular formula is C14H16FN3O. The quantitative estimate of drug-likeness (QED) is 0.923. The minimum atomic E-state index is -0.328. The minimum absolute atomic E-state index is 0.176. The maximum Gasteiger partial charge on any atom is 0.274 e. The highest BCUT2D eigenvalue weighted by Gasteiger charge is 2.17. The number of hydrogen-bond donors (Lipinski definition) is 1. The van der Waals surface area contributed by atoms with Gasteiger partial charge in [-0.3, -0.25) is 4.79 Å². The number of nitrogens with zero attached hydrogens (tertiary/aromatic N) is 2. The Hall–Kier alpha value is -2.30. The number of aromatic nitrogens is 1. The molecule has 0 fully saturated rings. The second-order valence-electron chi connectivity index (χ2n) is 4.29. The maximum absolute atomic E-state index is 12.9. The fraction of sp³-hybridized carbons (Fsp3) is 0.214. The lowest BCUT2D eigenvalue weighted by molar-refractivity contribution is 0.0984. The molecule has 4 nitrogen and oxygen atoms in total. The van der Waals surface area contributed by atoms with Gasteiger partial charge in [-0.1, -0.05) is 0 Å². The molecule has 19 heavy (non-hydrogen) atoms. The highest BCUT2D eigenvalue weighted by atomic mass is 19.1. The number of halogens is 1. The van der Waals surface area contributed by atoms with Gasteiger partial charge in [0.25, 0.3) is 5.91 Å². The third-order valence-corrected chi connectivity index (χ3v) is 3.00. The van der Waals surface area contributed by atoms with Gasteiger partial charge in [0.2, 0.25) is 0 Å². The number of nitrogen functional groups attached to an aromatic ring is 1. The summed E-state index contributed by atoms with van der Waals surface area (Å²) in [6.45, 7) is 2.60. The fourth-order valence-corrected chi connectivity index (χ4v) is 1.93. The van der Waals surface area contributed by atoms with Crippen molar-refractivity contribution < 1.29 is 9.18 Å². The predicted octanol–water partition coefficient (Wildman–Crippen LogP) is 2.51. The molecule has 2 N–H and O–H groups in total. The molecule has 0 saturated carbocycles. The van der Waals surface area contributed by atoms with Gasteiger partial charge in [-0.15, -0.1) is 0 Å². The van der Waals surface area contributed by atoms with Crippen molar-refractivity contribution in [3.63, 3.8) is 0 Å². The first-order valence-corrected chi connectivity index (χ1v) is 6.02. The maximum atomic E-state index is 12.9. The van der Waals surface area contributed by atoms with Crippen LogP contribution in [0.25, 0.3) is 0 Å². The Bertz CT molecular complexity index is 589. The van der Waals surface area contributed by atoms with Crippen molar-refractivity contribution in [2.45, 2.75) is 13.5 Å². The van der Waals surface area contributed by atoms with E-state index < -0.39 is 0 Å². The molecule has 0 spiro atoms. The van der Waals surface area contributed by atoms with Crippen LogP contribution in [0, 0.1) is 5.82 Å². The van der Waals surface area contributed by atoms with E-state index in [2.05, 4.69) is 0 Å². The molecule has 2 aromatic rings. The lowest BCUT2D eigenvalue weighted by Gasteiger charge is -2.18. The molecule has 0 aliphatic rings. The molecule has 0 unspecified atom stereocenters. The molecule has 0 radical (unpaired) electrons. The van der Waals surface area contributed by atoms with Gasteiger partial charge in [-0.2, -0.15) is 0 Å². The van der Waals surface area contributed by atoms with Crippen molar-refractivity contribution in [2.75, 3.05) is 17.7 Å². The molecule has 100 valence electrons. The van der Waals surface area contributed by atoms with Crippen molar-refractivity contribution in [2.24, 2.45) is 0 Å². The largest absolute Gasteiger partial charge is 0.397 e. The van der Waals surface area contributed by atoms with E-state index in [4.69, 9.17) is 5.73 Å². The monoisotopic (exact) mass is 261 g/mol. The first-order chi connectivity index (χ1) is 9.02. The minimum Gasteiger partial charge on any atom is -0.397 e. The molecule has 0 aliphatic heterocycles. The zero-order valence-corrected chi connectivity index (χ0v) is 10.9. The Labute approximate surface area is 111 Å². The third kappa shape index (κ3) is 2.59. The Morgan fingerprint density at radius 1 is 1.37 bits per heavy atom. The summed E-state index contributed by atoms with van der Waals surface area (Å²) < 4.78 is 14.7. The first-order valence-electron chi connectivity index (χ1n) is 6.02. The summed E-state index contributed by atoms with van der Waals surface area (Å²) in [6.07, 6.45) is 1.73. The van der Waals surface area contributed by atoms with Crippen LogP contribution in [0.1, 0.15) is 17.4 Å². The van der Waals surface area contributed by atoms with Gasteiger partial charge in [0.1, 0.15) is 11.5 Å². The van der Waals surface area contributed by atoms with Crippen LogP contribution in [-0.2, 0) is 6.54 Å². The van der Waals surface area contributed by atoms with Gasteiger partial charge in [0.05, 0.1) is 5.69 Å². The summed E-state index contributed by atoms with van der Waals surface area (Å²) in [4.78, 5) is 13.9. The number of carbonyl (C=O) groups is 1. The molecular weight excluding hydrogens is 245 g/mol. The molecule has 0 saturated heterocycles. The van der Waals surface area contributed by atoms with Gasteiger partial charge < -0.3 is 15.2 Å². The Balaban J connectivity index is 2.30. The molecule has 0 atom stereocenters. The average Bonchev–Trinajstić information content (AvgIpc) is 2.79. The summed E-state index contributed by atoms with van der Waals surface area (Å²) in [5, 5.41) is 0. The third-order valence-electron chi connectivity index (χ3n) is 3.00. The molecule has 1 aromatic heterocycles. The highest BCUT2D eigenvalue weighted by Crippen LogP contribution is 2.18. The van der Waals surface area contributed by atoms with Gasteiger partial charge in [0.15, 0.2) is 0 Å². The number of hydrogen-bond acceptors (Lipinski definition) is 2. The van der Waals surface area contributed by atoms with Crippen LogP contribution in [-0.4, -0.2) is 17.5 Å². The van der Waals surface area contributed by atoms with E-state index in [-0.39, 0.29) is 11.7 Å². The van der Waals surface area contributed by atoms with Crippen LogP contribution in [0.15, 0.2) is 36.5 Å². The topological polar surface area (TPSA) is 51.3 Å². The molecule has 5 heteroatoms. The summed E-state index contributed by atoms with van der Waals surface area (Å²) >= 11 is 0. The number of anilines is 2. The molecule has 1 amide bonds. The lowest BCUT2D eigenvalue weighted by atomic mass is 10.2. The predicted molar refractivity (Wildman–Crippen MR) is 73.7 cm³/mol. The Kier molecular flexibility index (Phi) is 3.55. The number of benzene rings is 1. The van der Waals surface area contributed by atoms with Crippen LogP contribution in [0.4, 0.5) is 15.8 Å². The zero-order chi connectivity index (χ0) is 14.0. The second-order valence-corrected chi connectivity index (χ2v) is 4.29.